The summed E-state index contributed by atoms with van der Waals surface area (Å²) in [5.41, 5.74) is 9.84. The van der Waals surface area contributed by atoms with Gasteiger partial charge in [-0.05, 0) is 39.9 Å². The van der Waals surface area contributed by atoms with Gasteiger partial charge in [0.2, 0.25) is 0 Å². The normalized spacial score (nSPS) is 11.7. The molecule has 3 aromatic carbocycles. The van der Waals surface area contributed by atoms with Crippen molar-refractivity contribution in [1.29, 1.82) is 0 Å². The molecule has 0 aliphatic heterocycles. The van der Waals surface area contributed by atoms with Gasteiger partial charge in [0.05, 0.1) is 12.8 Å². The van der Waals surface area contributed by atoms with Crippen molar-refractivity contribution in [2.24, 2.45) is 0 Å². The van der Waals surface area contributed by atoms with E-state index in [2.05, 4.69) is 60.7 Å². The fourth-order valence-electron chi connectivity index (χ4n) is 3.98. The molecular weight excluding hydrogens is 330 g/mol. The second kappa shape index (κ2) is 6.40. The van der Waals surface area contributed by atoms with E-state index in [1.54, 1.807) is 7.11 Å². The van der Waals surface area contributed by atoms with Gasteiger partial charge in [-0.15, -0.1) is 0 Å². The molecule has 5 rings (SSSR count). The molecule has 1 aliphatic rings. The molecule has 0 saturated heterocycles. The van der Waals surface area contributed by atoms with Crippen molar-refractivity contribution < 1.29 is 4.74 Å². The predicted octanol–water partition coefficient (Wildman–Crippen LogP) is 6.00. The van der Waals surface area contributed by atoms with Gasteiger partial charge < -0.3 is 4.74 Å². The van der Waals surface area contributed by atoms with Gasteiger partial charge in [0, 0.05) is 23.7 Å². The highest BCUT2D eigenvalue weighted by molar-refractivity contribution is 5.91. The first-order chi connectivity index (χ1) is 13.3. The lowest BCUT2D eigenvalue weighted by Crippen LogP contribution is -1.95. The lowest BCUT2D eigenvalue weighted by atomic mass is 9.91. The molecule has 0 atom stereocenters. The number of rotatable bonds is 3. The van der Waals surface area contributed by atoms with E-state index >= 15 is 0 Å². The van der Waals surface area contributed by atoms with Gasteiger partial charge in [-0.25, -0.2) is 0 Å². The van der Waals surface area contributed by atoms with Crippen molar-refractivity contribution in [2.45, 2.75) is 6.42 Å². The van der Waals surface area contributed by atoms with Crippen molar-refractivity contribution in [1.82, 2.24) is 4.98 Å². The van der Waals surface area contributed by atoms with Crippen LogP contribution in [-0.4, -0.2) is 12.1 Å². The number of hydrogen-bond acceptors (Lipinski definition) is 2. The van der Waals surface area contributed by atoms with E-state index in [1.165, 1.54) is 38.9 Å². The minimum Gasteiger partial charge on any atom is -0.497 e. The maximum Gasteiger partial charge on any atom is 0.118 e. The number of aromatic nitrogens is 1. The zero-order valence-corrected chi connectivity index (χ0v) is 15.1. The fraction of sp³-hybridized carbons (Fsp3) is 0.0800. The fourth-order valence-corrected chi connectivity index (χ4v) is 3.98. The molecule has 0 bridgehead atoms. The summed E-state index contributed by atoms with van der Waals surface area (Å²) in [6.07, 6.45) is 2.94. The molecule has 0 fully saturated rings. The Kier molecular flexibility index (Phi) is 3.75. The number of methoxy groups -OCH3 is 1. The van der Waals surface area contributed by atoms with Crippen LogP contribution in [0.15, 0.2) is 85.1 Å². The van der Waals surface area contributed by atoms with E-state index in [0.717, 1.165) is 17.9 Å². The Morgan fingerprint density at radius 2 is 1.48 bits per heavy atom. The minimum absolute atomic E-state index is 0.869. The van der Waals surface area contributed by atoms with E-state index in [9.17, 15) is 0 Å². The molecular formula is C25H19NO. The zero-order chi connectivity index (χ0) is 18.2. The quantitative estimate of drug-likeness (QED) is 0.399. The molecule has 0 radical (unpaired) electrons. The number of pyridine rings is 1. The summed E-state index contributed by atoms with van der Waals surface area (Å²) in [5, 5.41) is 0. The van der Waals surface area contributed by atoms with Crippen LogP contribution in [0.1, 0.15) is 11.1 Å². The molecule has 0 N–H and O–H groups in total. The van der Waals surface area contributed by atoms with E-state index in [-0.39, 0.29) is 0 Å². The van der Waals surface area contributed by atoms with Crippen LogP contribution in [0.25, 0.3) is 33.5 Å². The van der Waals surface area contributed by atoms with Crippen LogP contribution in [0, 0.1) is 0 Å². The highest BCUT2D eigenvalue weighted by atomic mass is 16.5. The molecule has 2 nitrogen and oxygen atoms in total. The predicted molar refractivity (Wildman–Crippen MR) is 110 cm³/mol. The number of ether oxygens (including phenoxy) is 1. The first kappa shape index (κ1) is 15.8. The van der Waals surface area contributed by atoms with Gasteiger partial charge >= 0.3 is 0 Å². The molecule has 27 heavy (non-hydrogen) atoms. The minimum atomic E-state index is 0.869. The Bertz CT molecular complexity index is 1110. The molecule has 2 heteroatoms. The third kappa shape index (κ3) is 2.61. The molecule has 0 unspecified atom stereocenters. The molecule has 1 aromatic heterocycles. The molecule has 130 valence electrons. The number of fused-ring (bicyclic) bond motifs is 3. The van der Waals surface area contributed by atoms with E-state index in [0.29, 0.717) is 0 Å². The molecule has 1 heterocycles. The third-order valence-electron chi connectivity index (χ3n) is 5.28. The second-order valence-corrected chi connectivity index (χ2v) is 6.80. The summed E-state index contributed by atoms with van der Waals surface area (Å²) < 4.78 is 5.35. The van der Waals surface area contributed by atoms with Gasteiger partial charge in [0.25, 0.3) is 0 Å². The summed E-state index contributed by atoms with van der Waals surface area (Å²) in [6, 6.07) is 27.4. The Hall–Kier alpha value is -3.39. The lowest BCUT2D eigenvalue weighted by molar-refractivity contribution is 0.415. The van der Waals surface area contributed by atoms with Crippen LogP contribution in [0.5, 0.6) is 5.75 Å². The maximum atomic E-state index is 5.35. The summed E-state index contributed by atoms with van der Waals surface area (Å²) in [5.74, 6) is 0.869. The molecule has 1 aliphatic carbocycles. The summed E-state index contributed by atoms with van der Waals surface area (Å²) in [4.78, 5) is 4.87. The molecule has 0 saturated carbocycles. The Labute approximate surface area is 159 Å². The van der Waals surface area contributed by atoms with Crippen LogP contribution < -0.4 is 4.74 Å². The van der Waals surface area contributed by atoms with Crippen LogP contribution in [-0.2, 0) is 6.42 Å². The second-order valence-electron chi connectivity index (χ2n) is 6.80. The topological polar surface area (TPSA) is 22.1 Å². The third-order valence-corrected chi connectivity index (χ3v) is 5.28. The van der Waals surface area contributed by atoms with Crippen molar-refractivity contribution in [3.05, 3.63) is 96.2 Å². The van der Waals surface area contributed by atoms with E-state index < -0.39 is 0 Å². The maximum absolute atomic E-state index is 5.35. The first-order valence-electron chi connectivity index (χ1n) is 9.15. The molecule has 0 amide bonds. The van der Waals surface area contributed by atoms with Gasteiger partial charge in [0.15, 0.2) is 0 Å². The van der Waals surface area contributed by atoms with Crippen LogP contribution >= 0.6 is 0 Å². The van der Waals surface area contributed by atoms with Crippen molar-refractivity contribution in [3.8, 4) is 39.3 Å². The molecule has 0 spiro atoms. The van der Waals surface area contributed by atoms with Gasteiger partial charge in [-0.3, -0.25) is 4.98 Å². The Morgan fingerprint density at radius 3 is 2.26 bits per heavy atom. The van der Waals surface area contributed by atoms with Gasteiger partial charge in [0.1, 0.15) is 5.75 Å². The smallest absolute Gasteiger partial charge is 0.118 e. The highest BCUT2D eigenvalue weighted by Crippen LogP contribution is 2.44. The summed E-state index contributed by atoms with van der Waals surface area (Å²) in [7, 11) is 1.70. The van der Waals surface area contributed by atoms with Crippen LogP contribution in [0.4, 0.5) is 0 Å². The summed E-state index contributed by atoms with van der Waals surface area (Å²) in [6.45, 7) is 0. The van der Waals surface area contributed by atoms with Gasteiger partial charge in [-0.1, -0.05) is 66.7 Å². The average Bonchev–Trinajstić information content (AvgIpc) is 3.12. The van der Waals surface area contributed by atoms with Crippen LogP contribution in [0.2, 0.25) is 0 Å². The Balaban J connectivity index is 1.77. The highest BCUT2D eigenvalue weighted by Gasteiger charge is 2.25. The van der Waals surface area contributed by atoms with Crippen molar-refractivity contribution in [3.63, 3.8) is 0 Å². The average molecular weight is 349 g/mol. The van der Waals surface area contributed by atoms with E-state index in [1.807, 2.05) is 24.4 Å². The van der Waals surface area contributed by atoms with Gasteiger partial charge in [-0.2, -0.15) is 0 Å². The monoisotopic (exact) mass is 349 g/mol. The first-order valence-corrected chi connectivity index (χ1v) is 9.15. The van der Waals surface area contributed by atoms with Crippen LogP contribution in [0.3, 0.4) is 0 Å². The number of nitrogens with zero attached hydrogens (tertiary/aromatic N) is 1. The van der Waals surface area contributed by atoms with Crippen molar-refractivity contribution in [2.75, 3.05) is 7.11 Å². The number of hydrogen-bond donors (Lipinski definition) is 0. The Morgan fingerprint density at radius 1 is 0.741 bits per heavy atom. The largest absolute Gasteiger partial charge is 0.497 e. The zero-order valence-electron chi connectivity index (χ0n) is 15.1. The summed E-state index contributed by atoms with van der Waals surface area (Å²) >= 11 is 0. The SMILES string of the molecule is COc1ccc(-c2c(-c3ccccc3)cnc3c2Cc2ccccc2-3)cc1. The van der Waals surface area contributed by atoms with Crippen molar-refractivity contribution >= 4 is 0 Å². The standard InChI is InChI=1S/C25H19NO/c1-27-20-13-11-18(12-14-20)24-22-15-19-9-5-6-10-21(19)25(22)26-16-23(24)17-7-3-2-4-8-17/h2-14,16H,15H2,1H3. The lowest BCUT2D eigenvalue weighted by Gasteiger charge is -2.15. The van der Waals surface area contributed by atoms with E-state index in [4.69, 9.17) is 9.72 Å². The number of benzene rings is 3. The molecule has 4 aromatic rings.